The Morgan fingerprint density at radius 1 is 1.25 bits per heavy atom. The van der Waals surface area contributed by atoms with Crippen LogP contribution in [0.5, 0.6) is 0 Å². The number of hydrogen-bond acceptors (Lipinski definition) is 3. The molecule has 3 nitrogen and oxygen atoms in total. The Kier molecular flexibility index (Phi) is 3.54. The van der Waals surface area contributed by atoms with Gasteiger partial charge in [0.05, 0.1) is 5.56 Å². The first kappa shape index (κ1) is 11.1. The van der Waals surface area contributed by atoms with Crippen LogP contribution in [0.1, 0.15) is 48.9 Å². The smallest absolute Gasteiger partial charge is 0.169 e. The molecule has 1 fully saturated rings. The standard InChI is InChI=1S/C13H18N2O/c14-12-7-8-15-9-11(12)13(16)10-5-3-1-2-4-6-10/h7-10H,1-6H2,(H2,14,15). The molecule has 1 aromatic rings. The summed E-state index contributed by atoms with van der Waals surface area (Å²) >= 11 is 0. The van der Waals surface area contributed by atoms with Crippen LogP contribution in [0.25, 0.3) is 0 Å². The van der Waals surface area contributed by atoms with E-state index in [-0.39, 0.29) is 11.7 Å². The molecule has 1 aromatic heterocycles. The number of Topliss-reactive ketones (excluding diaryl/α,β-unsaturated/α-hetero) is 1. The zero-order valence-electron chi connectivity index (χ0n) is 9.48. The highest BCUT2D eigenvalue weighted by atomic mass is 16.1. The predicted molar refractivity (Wildman–Crippen MR) is 64.2 cm³/mol. The highest BCUT2D eigenvalue weighted by molar-refractivity contribution is 6.01. The summed E-state index contributed by atoms with van der Waals surface area (Å²) in [7, 11) is 0. The summed E-state index contributed by atoms with van der Waals surface area (Å²) in [5, 5.41) is 0. The largest absolute Gasteiger partial charge is 0.398 e. The molecule has 86 valence electrons. The van der Waals surface area contributed by atoms with E-state index in [1.165, 1.54) is 12.8 Å². The molecule has 2 N–H and O–H groups in total. The van der Waals surface area contributed by atoms with E-state index in [2.05, 4.69) is 4.98 Å². The quantitative estimate of drug-likeness (QED) is 0.613. The number of nitrogen functional groups attached to an aromatic ring is 1. The van der Waals surface area contributed by atoms with Gasteiger partial charge in [0.25, 0.3) is 0 Å². The lowest BCUT2D eigenvalue weighted by molar-refractivity contribution is 0.0908. The lowest BCUT2D eigenvalue weighted by Gasteiger charge is -2.13. The summed E-state index contributed by atoms with van der Waals surface area (Å²) in [6.07, 6.45) is 10.1. The van der Waals surface area contributed by atoms with Crippen molar-refractivity contribution in [2.75, 3.05) is 5.73 Å². The van der Waals surface area contributed by atoms with Crippen LogP contribution in [0.4, 0.5) is 5.69 Å². The topological polar surface area (TPSA) is 56.0 Å². The van der Waals surface area contributed by atoms with Crippen LogP contribution in [0.15, 0.2) is 18.5 Å². The summed E-state index contributed by atoms with van der Waals surface area (Å²) in [5.74, 6) is 0.349. The normalized spacial score (nSPS) is 18.0. The van der Waals surface area contributed by atoms with Crippen molar-refractivity contribution in [1.82, 2.24) is 4.98 Å². The van der Waals surface area contributed by atoms with E-state index in [1.54, 1.807) is 18.5 Å². The van der Waals surface area contributed by atoms with Crippen molar-refractivity contribution in [1.29, 1.82) is 0 Å². The molecule has 2 rings (SSSR count). The maximum atomic E-state index is 12.3. The van der Waals surface area contributed by atoms with Crippen molar-refractivity contribution < 1.29 is 4.79 Å². The van der Waals surface area contributed by atoms with Crippen LogP contribution in [0.3, 0.4) is 0 Å². The van der Waals surface area contributed by atoms with Crippen LogP contribution >= 0.6 is 0 Å². The fraction of sp³-hybridized carbons (Fsp3) is 0.538. The molecule has 3 heteroatoms. The van der Waals surface area contributed by atoms with Gasteiger partial charge in [-0.05, 0) is 18.9 Å². The lowest BCUT2D eigenvalue weighted by atomic mass is 9.91. The Balaban J connectivity index is 2.14. The number of pyridine rings is 1. The van der Waals surface area contributed by atoms with Crippen LogP contribution < -0.4 is 5.73 Å². The average molecular weight is 218 g/mol. The first-order chi connectivity index (χ1) is 7.79. The van der Waals surface area contributed by atoms with E-state index in [9.17, 15) is 4.79 Å². The zero-order valence-corrected chi connectivity index (χ0v) is 9.48. The van der Waals surface area contributed by atoms with Gasteiger partial charge in [-0.3, -0.25) is 9.78 Å². The summed E-state index contributed by atoms with van der Waals surface area (Å²) < 4.78 is 0. The maximum absolute atomic E-state index is 12.3. The summed E-state index contributed by atoms with van der Waals surface area (Å²) in [6, 6.07) is 1.70. The minimum absolute atomic E-state index is 0.161. The molecule has 0 bridgehead atoms. The molecule has 0 unspecified atom stereocenters. The number of carbonyl (C=O) groups excluding carboxylic acids is 1. The molecule has 0 aliphatic heterocycles. The van der Waals surface area contributed by atoms with E-state index in [4.69, 9.17) is 5.73 Å². The number of nitrogens with two attached hydrogens (primary N) is 1. The monoisotopic (exact) mass is 218 g/mol. The second-order valence-corrected chi connectivity index (χ2v) is 4.52. The van der Waals surface area contributed by atoms with Crippen molar-refractivity contribution in [3.8, 4) is 0 Å². The number of anilines is 1. The molecule has 16 heavy (non-hydrogen) atoms. The molecule has 0 radical (unpaired) electrons. The molecule has 0 spiro atoms. The Morgan fingerprint density at radius 2 is 1.94 bits per heavy atom. The first-order valence-corrected chi connectivity index (χ1v) is 6.03. The van der Waals surface area contributed by atoms with Crippen molar-refractivity contribution in [3.05, 3.63) is 24.0 Å². The van der Waals surface area contributed by atoms with Crippen molar-refractivity contribution >= 4 is 11.5 Å². The average Bonchev–Trinajstić information content (AvgIpc) is 2.57. The SMILES string of the molecule is Nc1ccncc1C(=O)C1CCCCCC1. The first-order valence-electron chi connectivity index (χ1n) is 6.03. The van der Waals surface area contributed by atoms with Crippen LogP contribution in [-0.2, 0) is 0 Å². The van der Waals surface area contributed by atoms with Gasteiger partial charge in [0, 0.05) is 24.0 Å². The van der Waals surface area contributed by atoms with Crippen molar-refractivity contribution in [3.63, 3.8) is 0 Å². The Labute approximate surface area is 96.1 Å². The maximum Gasteiger partial charge on any atom is 0.169 e. The van der Waals surface area contributed by atoms with Gasteiger partial charge in [0.1, 0.15) is 0 Å². The Morgan fingerprint density at radius 3 is 2.56 bits per heavy atom. The predicted octanol–water partition coefficient (Wildman–Crippen LogP) is 2.82. The molecule has 1 saturated carbocycles. The molecular weight excluding hydrogens is 200 g/mol. The number of aromatic nitrogens is 1. The third-order valence-corrected chi connectivity index (χ3v) is 3.35. The molecular formula is C13H18N2O. The molecule has 1 heterocycles. The van der Waals surface area contributed by atoms with Gasteiger partial charge in [0.2, 0.25) is 0 Å². The number of carbonyl (C=O) groups is 1. The molecule has 0 amide bonds. The number of hydrogen-bond donors (Lipinski definition) is 1. The molecule has 1 aliphatic rings. The van der Waals surface area contributed by atoms with Crippen LogP contribution in [0, 0.1) is 5.92 Å². The van der Waals surface area contributed by atoms with E-state index in [0.717, 1.165) is 25.7 Å². The molecule has 1 aliphatic carbocycles. The van der Waals surface area contributed by atoms with Crippen molar-refractivity contribution in [2.24, 2.45) is 5.92 Å². The third kappa shape index (κ3) is 2.40. The summed E-state index contributed by atoms with van der Waals surface area (Å²) in [6.45, 7) is 0. The van der Waals surface area contributed by atoms with Crippen LogP contribution in [0.2, 0.25) is 0 Å². The minimum atomic E-state index is 0.161. The lowest BCUT2D eigenvalue weighted by Crippen LogP contribution is -2.16. The van der Waals surface area contributed by atoms with Gasteiger partial charge in [-0.1, -0.05) is 25.7 Å². The third-order valence-electron chi connectivity index (χ3n) is 3.35. The highest BCUT2D eigenvalue weighted by Crippen LogP contribution is 2.27. The van der Waals surface area contributed by atoms with E-state index in [1.807, 2.05) is 0 Å². The number of ketones is 1. The molecule has 0 aromatic carbocycles. The van der Waals surface area contributed by atoms with Gasteiger partial charge in [-0.2, -0.15) is 0 Å². The van der Waals surface area contributed by atoms with Gasteiger partial charge < -0.3 is 5.73 Å². The molecule has 0 atom stereocenters. The van der Waals surface area contributed by atoms with Crippen molar-refractivity contribution in [2.45, 2.75) is 38.5 Å². The van der Waals surface area contributed by atoms with E-state index < -0.39 is 0 Å². The Hall–Kier alpha value is -1.38. The highest BCUT2D eigenvalue weighted by Gasteiger charge is 2.22. The second kappa shape index (κ2) is 5.10. The van der Waals surface area contributed by atoms with Gasteiger partial charge in [-0.25, -0.2) is 0 Å². The van der Waals surface area contributed by atoms with Crippen LogP contribution in [-0.4, -0.2) is 10.8 Å². The fourth-order valence-corrected chi connectivity index (χ4v) is 2.37. The van der Waals surface area contributed by atoms with Gasteiger partial charge in [0.15, 0.2) is 5.78 Å². The number of nitrogens with zero attached hydrogens (tertiary/aromatic N) is 1. The zero-order chi connectivity index (χ0) is 11.4. The summed E-state index contributed by atoms with van der Waals surface area (Å²) in [4.78, 5) is 16.2. The summed E-state index contributed by atoms with van der Waals surface area (Å²) in [5.41, 5.74) is 6.97. The fourth-order valence-electron chi connectivity index (χ4n) is 2.37. The van der Waals surface area contributed by atoms with E-state index in [0.29, 0.717) is 11.3 Å². The number of rotatable bonds is 2. The van der Waals surface area contributed by atoms with E-state index >= 15 is 0 Å². The second-order valence-electron chi connectivity index (χ2n) is 4.52. The molecule has 0 saturated heterocycles. The van der Waals surface area contributed by atoms with Gasteiger partial charge >= 0.3 is 0 Å². The Bertz CT molecular complexity index is 368. The minimum Gasteiger partial charge on any atom is -0.398 e. The van der Waals surface area contributed by atoms with Gasteiger partial charge in [-0.15, -0.1) is 0 Å².